The summed E-state index contributed by atoms with van der Waals surface area (Å²) < 4.78 is 0. The number of hydrogen-bond donors (Lipinski definition) is 2. The monoisotopic (exact) mass is 168 g/mol. The maximum absolute atomic E-state index is 10.3. The summed E-state index contributed by atoms with van der Waals surface area (Å²) in [5.41, 5.74) is 4.92. The predicted molar refractivity (Wildman–Crippen MR) is 38.2 cm³/mol. The lowest BCUT2D eigenvalue weighted by molar-refractivity contribution is -0.138. The number of carboxylic acid groups (broad SMARTS) is 1. The first-order valence-corrected chi connectivity index (χ1v) is 2.60. The van der Waals surface area contributed by atoms with Crippen LogP contribution in [-0.2, 0) is 9.59 Å². The lowest BCUT2D eigenvalue weighted by Crippen LogP contribution is -2.14. The van der Waals surface area contributed by atoms with E-state index in [-0.39, 0.29) is 37.6 Å². The van der Waals surface area contributed by atoms with E-state index in [0.29, 0.717) is 0 Å². The highest BCUT2D eigenvalue weighted by molar-refractivity contribution is 5.85. The number of aliphatic carboxylic acids is 1. The zero-order chi connectivity index (χ0) is 7.28. The van der Waals surface area contributed by atoms with Gasteiger partial charge in [-0.2, -0.15) is 0 Å². The average molecular weight is 169 g/mol. The number of hydrogen-bond acceptors (Lipinski definition) is 3. The number of carboxylic acids is 1. The SMILES string of the molecule is Cl.[15NH2]CC(=O)CCC(=O)O. The van der Waals surface area contributed by atoms with Crippen LogP contribution in [0.3, 0.4) is 0 Å². The van der Waals surface area contributed by atoms with E-state index in [2.05, 4.69) is 0 Å². The zero-order valence-corrected chi connectivity index (χ0v) is 6.19. The molecule has 0 rings (SSSR count). The summed E-state index contributed by atoms with van der Waals surface area (Å²) in [7, 11) is 0. The number of carbonyl (C=O) groups excluding carboxylic acids is 1. The molecule has 3 N–H and O–H groups in total. The Hall–Kier alpha value is -0.610. The summed E-state index contributed by atoms with van der Waals surface area (Å²) in [6.07, 6.45) is -0.0676. The van der Waals surface area contributed by atoms with Gasteiger partial charge < -0.3 is 10.8 Å². The third-order valence-electron chi connectivity index (χ3n) is 0.845. The van der Waals surface area contributed by atoms with E-state index in [4.69, 9.17) is 10.8 Å². The Morgan fingerprint density at radius 2 is 1.80 bits per heavy atom. The molecule has 10 heavy (non-hydrogen) atoms. The van der Waals surface area contributed by atoms with Gasteiger partial charge in [-0.3, -0.25) is 9.59 Å². The summed E-state index contributed by atoms with van der Waals surface area (Å²) in [5, 5.41) is 8.06. The van der Waals surface area contributed by atoms with Crippen LogP contribution in [0.15, 0.2) is 0 Å². The van der Waals surface area contributed by atoms with Crippen molar-refractivity contribution in [3.05, 3.63) is 0 Å². The van der Waals surface area contributed by atoms with Crippen molar-refractivity contribution < 1.29 is 14.7 Å². The van der Waals surface area contributed by atoms with Crippen LogP contribution in [0.25, 0.3) is 0 Å². The standard InChI is InChI=1S/C5H9NO3.ClH/c6-3-4(7)1-2-5(8)9;/h1-3,6H2,(H,8,9);1H/i6+1;. The lowest BCUT2D eigenvalue weighted by Gasteiger charge is -1.90. The summed E-state index contributed by atoms with van der Waals surface area (Å²) >= 11 is 0. The van der Waals surface area contributed by atoms with E-state index >= 15 is 0 Å². The molecule has 0 spiro atoms. The van der Waals surface area contributed by atoms with E-state index in [1.54, 1.807) is 0 Å². The Kier molecular flexibility index (Phi) is 7.88. The quantitative estimate of drug-likeness (QED) is 0.570. The average Bonchev–Trinajstić information content (AvgIpc) is 1.83. The van der Waals surface area contributed by atoms with Crippen LogP contribution in [0.5, 0.6) is 0 Å². The molecule has 0 aliphatic carbocycles. The third-order valence-corrected chi connectivity index (χ3v) is 0.845. The molecule has 0 saturated carbocycles. The van der Waals surface area contributed by atoms with Crippen molar-refractivity contribution in [1.29, 1.82) is 0 Å². The van der Waals surface area contributed by atoms with Gasteiger partial charge in [0.05, 0.1) is 13.0 Å². The molecule has 5 heteroatoms. The van der Waals surface area contributed by atoms with Crippen LogP contribution in [0.1, 0.15) is 12.8 Å². The molecule has 0 amide bonds. The summed E-state index contributed by atoms with van der Waals surface area (Å²) in [5.74, 6) is -1.17. The van der Waals surface area contributed by atoms with Gasteiger partial charge in [-0.1, -0.05) is 0 Å². The number of nitrogens with two attached hydrogens (primary N) is 1. The predicted octanol–water partition coefficient (Wildman–Crippen LogP) is -0.199. The van der Waals surface area contributed by atoms with Crippen molar-refractivity contribution in [3.8, 4) is 0 Å². The lowest BCUT2D eigenvalue weighted by atomic mass is 10.2. The maximum Gasteiger partial charge on any atom is 0.303 e. The highest BCUT2D eigenvalue weighted by Crippen LogP contribution is 1.87. The molecule has 0 bridgehead atoms. The molecule has 0 fully saturated rings. The zero-order valence-electron chi connectivity index (χ0n) is 5.37. The van der Waals surface area contributed by atoms with Gasteiger partial charge in [0.1, 0.15) is 5.78 Å². The van der Waals surface area contributed by atoms with Gasteiger partial charge in [-0.25, -0.2) is 0 Å². The van der Waals surface area contributed by atoms with Gasteiger partial charge in [-0.15, -0.1) is 12.4 Å². The molecule has 4 nitrogen and oxygen atoms in total. The van der Waals surface area contributed by atoms with E-state index in [9.17, 15) is 9.59 Å². The molecule has 0 aromatic heterocycles. The van der Waals surface area contributed by atoms with Crippen molar-refractivity contribution in [3.63, 3.8) is 0 Å². The normalized spacial score (nSPS) is 8.10. The minimum absolute atomic E-state index is 0. The van der Waals surface area contributed by atoms with Crippen LogP contribution in [0, 0.1) is 0 Å². The minimum atomic E-state index is -0.961. The van der Waals surface area contributed by atoms with E-state index < -0.39 is 5.97 Å². The number of Topliss-reactive ketones (excluding diaryl/α,β-unsaturated/α-hetero) is 1. The molecule has 0 aliphatic rings. The maximum atomic E-state index is 10.3. The number of halogens is 1. The summed E-state index contributed by atoms with van der Waals surface area (Å²) in [4.78, 5) is 20.2. The van der Waals surface area contributed by atoms with Crippen molar-refractivity contribution >= 4 is 24.2 Å². The highest BCUT2D eigenvalue weighted by atomic mass is 35.5. The molecule has 0 heterocycles. The summed E-state index contributed by atoms with van der Waals surface area (Å²) in [6.45, 7) is -0.0622. The Balaban J connectivity index is 0. The summed E-state index contributed by atoms with van der Waals surface area (Å²) in [6, 6.07) is 0. The van der Waals surface area contributed by atoms with Crippen LogP contribution in [-0.4, -0.2) is 23.4 Å². The van der Waals surface area contributed by atoms with Gasteiger partial charge in [0.15, 0.2) is 0 Å². The van der Waals surface area contributed by atoms with Crippen LogP contribution < -0.4 is 5.73 Å². The van der Waals surface area contributed by atoms with Crippen LogP contribution in [0.2, 0.25) is 0 Å². The van der Waals surface area contributed by atoms with Crippen molar-refractivity contribution in [2.24, 2.45) is 5.73 Å². The topological polar surface area (TPSA) is 80.4 Å². The molecule has 0 aliphatic heterocycles. The fourth-order valence-electron chi connectivity index (χ4n) is 0.348. The molecule has 60 valence electrons. The first kappa shape index (κ1) is 12.1. The number of ketones is 1. The third kappa shape index (κ3) is 7.39. The minimum Gasteiger partial charge on any atom is -0.481 e. The van der Waals surface area contributed by atoms with E-state index in [1.165, 1.54) is 0 Å². The van der Waals surface area contributed by atoms with Crippen LogP contribution in [0.4, 0.5) is 0 Å². The fourth-order valence-corrected chi connectivity index (χ4v) is 0.348. The number of rotatable bonds is 4. The largest absolute Gasteiger partial charge is 0.481 e. The molecule has 0 aromatic carbocycles. The van der Waals surface area contributed by atoms with Crippen LogP contribution >= 0.6 is 12.4 Å². The smallest absolute Gasteiger partial charge is 0.303 e. The van der Waals surface area contributed by atoms with Gasteiger partial charge in [0, 0.05) is 6.42 Å². The van der Waals surface area contributed by atoms with Crippen molar-refractivity contribution in [2.75, 3.05) is 6.54 Å². The second-order valence-corrected chi connectivity index (χ2v) is 1.64. The Labute approximate surface area is 64.8 Å². The van der Waals surface area contributed by atoms with Gasteiger partial charge in [-0.05, 0) is 0 Å². The first-order valence-electron chi connectivity index (χ1n) is 2.60. The van der Waals surface area contributed by atoms with E-state index in [0.717, 1.165) is 0 Å². The van der Waals surface area contributed by atoms with Gasteiger partial charge in [0.25, 0.3) is 0 Å². The molecular formula is C5H10ClNO3. The van der Waals surface area contributed by atoms with Crippen molar-refractivity contribution in [1.82, 2.24) is 0 Å². The van der Waals surface area contributed by atoms with Gasteiger partial charge >= 0.3 is 5.97 Å². The van der Waals surface area contributed by atoms with E-state index in [1.807, 2.05) is 0 Å². The van der Waals surface area contributed by atoms with Gasteiger partial charge in [0.2, 0.25) is 0 Å². The molecule has 0 atom stereocenters. The number of carbonyl (C=O) groups is 2. The Morgan fingerprint density at radius 1 is 1.30 bits per heavy atom. The Morgan fingerprint density at radius 3 is 2.10 bits per heavy atom. The molecule has 0 radical (unpaired) electrons. The molecule has 0 unspecified atom stereocenters. The fraction of sp³-hybridized carbons (Fsp3) is 0.600. The Bertz CT molecular complexity index is 126. The molecular weight excluding hydrogens is 159 g/mol. The molecule has 0 aromatic rings. The van der Waals surface area contributed by atoms with Crippen molar-refractivity contribution in [2.45, 2.75) is 12.8 Å². The highest BCUT2D eigenvalue weighted by Gasteiger charge is 2.01. The second-order valence-electron chi connectivity index (χ2n) is 1.64. The molecule has 0 saturated heterocycles. The second kappa shape index (κ2) is 6.51. The first-order chi connectivity index (χ1) is 4.16.